The van der Waals surface area contributed by atoms with Crippen molar-refractivity contribution in [2.24, 2.45) is 0 Å². The Hall–Kier alpha value is -1.64. The molecule has 0 heterocycles. The summed E-state index contributed by atoms with van der Waals surface area (Å²) in [5, 5.41) is 12.0. The van der Waals surface area contributed by atoms with Gasteiger partial charge >= 0.3 is 6.18 Å². The van der Waals surface area contributed by atoms with Gasteiger partial charge in [0.05, 0.1) is 5.56 Å². The molecule has 0 unspecified atom stereocenters. The van der Waals surface area contributed by atoms with Crippen LogP contribution in [0.2, 0.25) is 0 Å². The maximum absolute atomic E-state index is 11.8. The smallest absolute Gasteiger partial charge is 0.269 e. The molecule has 0 amide bonds. The van der Waals surface area contributed by atoms with Gasteiger partial charge in [-0.3, -0.25) is 4.70 Å². The van der Waals surface area contributed by atoms with Gasteiger partial charge in [0, 0.05) is 10.8 Å². The fourth-order valence-electron chi connectivity index (χ4n) is 0.627. The summed E-state index contributed by atoms with van der Waals surface area (Å²) >= 11 is 0. The van der Waals surface area contributed by atoms with Gasteiger partial charge in [0.2, 0.25) is 0 Å². The summed E-state index contributed by atoms with van der Waals surface area (Å²) in [6.07, 6.45) is -4.21. The quantitative estimate of drug-likeness (QED) is 0.470. The van der Waals surface area contributed by atoms with Crippen LogP contribution in [0.1, 0.15) is 5.56 Å². The number of nitrogens with zero attached hydrogens (tertiary/aromatic N) is 2. The number of hydrogen-bond donors (Lipinski definition) is 0. The molecule has 0 spiro atoms. The summed E-state index contributed by atoms with van der Waals surface area (Å²) in [6, 6.07) is 6.36. The van der Waals surface area contributed by atoms with E-state index in [9.17, 15) is 13.2 Å². The zero-order valence-corrected chi connectivity index (χ0v) is 6.32. The largest absolute Gasteiger partial charge is 0.416 e. The van der Waals surface area contributed by atoms with Crippen molar-refractivity contribution in [3.05, 3.63) is 35.9 Å². The number of rotatable bonds is 0. The predicted octanol–water partition coefficient (Wildman–Crippen LogP) is 2.89. The summed E-state index contributed by atoms with van der Waals surface area (Å²) in [7, 11) is 0. The molecular weight excluding hydrogens is 188 g/mol. The van der Waals surface area contributed by atoms with Crippen molar-refractivity contribution in [3.8, 4) is 0 Å². The van der Waals surface area contributed by atoms with Crippen LogP contribution in [0.3, 0.4) is 0 Å². The molecule has 1 aromatic rings. The monoisotopic (exact) mass is 194 g/mol. The van der Waals surface area contributed by atoms with Crippen LogP contribution in [-0.2, 0) is 6.18 Å². The highest BCUT2D eigenvalue weighted by molar-refractivity contribution is 5.17. The lowest BCUT2D eigenvalue weighted by molar-refractivity contribution is -0.137. The van der Waals surface area contributed by atoms with E-state index in [1.165, 1.54) is 12.1 Å². The number of halogens is 4. The fraction of sp³-hybridized carbons (Fsp3) is 0.143. The van der Waals surface area contributed by atoms with Crippen molar-refractivity contribution in [1.29, 1.82) is 10.8 Å². The Labute approximate surface area is 71.8 Å². The number of alkyl halides is 3. The molecule has 0 aliphatic heterocycles. The molecule has 0 radical (unpaired) electrons. The van der Waals surface area contributed by atoms with E-state index in [2.05, 4.69) is 0 Å². The first-order valence-electron chi connectivity index (χ1n) is 2.93. The average Bonchev–Trinajstić information content (AvgIpc) is 2.08. The standard InChI is InChI=1S/C7H5F3.FH.N2/c8-7(9,10)6-4-2-1-3-5-6;;1-2/h1-5H;1H;. The minimum atomic E-state index is -4.21. The lowest BCUT2D eigenvalue weighted by atomic mass is 10.2. The first-order valence-corrected chi connectivity index (χ1v) is 2.93. The Morgan fingerprint density at radius 1 is 0.923 bits per heavy atom. The molecule has 2 nitrogen and oxygen atoms in total. The van der Waals surface area contributed by atoms with Crippen LogP contribution < -0.4 is 0 Å². The topological polar surface area (TPSA) is 47.6 Å². The van der Waals surface area contributed by atoms with Crippen molar-refractivity contribution < 1.29 is 17.9 Å². The molecule has 0 aliphatic carbocycles. The minimum absolute atomic E-state index is 0. The number of benzene rings is 1. The second-order valence-electron chi connectivity index (χ2n) is 1.86. The van der Waals surface area contributed by atoms with E-state index in [1.807, 2.05) is 0 Å². The Morgan fingerprint density at radius 3 is 1.54 bits per heavy atom. The van der Waals surface area contributed by atoms with Gasteiger partial charge in [0.15, 0.2) is 0 Å². The van der Waals surface area contributed by atoms with Gasteiger partial charge in [0.1, 0.15) is 0 Å². The summed E-state index contributed by atoms with van der Waals surface area (Å²) in [6.45, 7) is 0. The molecule has 1 rings (SSSR count). The Morgan fingerprint density at radius 2 is 1.31 bits per heavy atom. The molecule has 0 aliphatic rings. The number of hydrogen-bond acceptors (Lipinski definition) is 2. The highest BCUT2D eigenvalue weighted by atomic mass is 19.4. The molecule has 13 heavy (non-hydrogen) atoms. The SMILES string of the molecule is F.FC(F)(F)c1ccccc1.N#N. The third-order valence-electron chi connectivity index (χ3n) is 1.10. The van der Waals surface area contributed by atoms with Crippen LogP contribution >= 0.6 is 0 Å². The van der Waals surface area contributed by atoms with E-state index in [4.69, 9.17) is 10.8 Å². The molecule has 0 bridgehead atoms. The lowest BCUT2D eigenvalue weighted by Gasteiger charge is -2.03. The zero-order valence-electron chi connectivity index (χ0n) is 6.32. The van der Waals surface area contributed by atoms with E-state index in [-0.39, 0.29) is 4.70 Å². The highest BCUT2D eigenvalue weighted by Crippen LogP contribution is 2.28. The summed E-state index contributed by atoms with van der Waals surface area (Å²) in [5.41, 5.74) is -0.602. The van der Waals surface area contributed by atoms with Crippen LogP contribution in [0.4, 0.5) is 17.9 Å². The molecular formula is C7H6F4N2. The molecule has 6 heteroatoms. The second kappa shape index (κ2) is 5.94. The second-order valence-corrected chi connectivity index (χ2v) is 1.86. The van der Waals surface area contributed by atoms with Gasteiger partial charge in [-0.05, 0) is 0 Å². The summed E-state index contributed by atoms with van der Waals surface area (Å²) in [4.78, 5) is 0. The Bertz CT molecular complexity index is 242. The van der Waals surface area contributed by atoms with E-state index < -0.39 is 11.7 Å². The van der Waals surface area contributed by atoms with Gasteiger partial charge in [0.25, 0.3) is 0 Å². The molecule has 72 valence electrons. The summed E-state index contributed by atoms with van der Waals surface area (Å²) < 4.78 is 35.4. The summed E-state index contributed by atoms with van der Waals surface area (Å²) in [5.74, 6) is 0. The van der Waals surface area contributed by atoms with Gasteiger partial charge in [-0.1, -0.05) is 30.3 Å². The fourth-order valence-corrected chi connectivity index (χ4v) is 0.627. The molecule has 1 aromatic carbocycles. The van der Waals surface area contributed by atoms with Gasteiger partial charge in [-0.15, -0.1) is 0 Å². The van der Waals surface area contributed by atoms with Crippen LogP contribution in [0.15, 0.2) is 30.3 Å². The highest BCUT2D eigenvalue weighted by Gasteiger charge is 2.29. The molecule has 0 fully saturated rings. The zero-order chi connectivity index (χ0) is 9.61. The molecule has 0 N–H and O–H groups in total. The molecule has 0 atom stereocenters. The van der Waals surface area contributed by atoms with Crippen molar-refractivity contribution in [2.45, 2.75) is 6.18 Å². The van der Waals surface area contributed by atoms with Crippen molar-refractivity contribution in [2.75, 3.05) is 0 Å². The van der Waals surface area contributed by atoms with Gasteiger partial charge < -0.3 is 0 Å². The Balaban J connectivity index is 0. The van der Waals surface area contributed by atoms with E-state index in [0.29, 0.717) is 0 Å². The maximum Gasteiger partial charge on any atom is 0.416 e. The van der Waals surface area contributed by atoms with Crippen LogP contribution in [0, 0.1) is 10.8 Å². The van der Waals surface area contributed by atoms with Crippen LogP contribution in [-0.4, -0.2) is 0 Å². The normalized spacial score (nSPS) is 9.00. The van der Waals surface area contributed by atoms with Crippen molar-refractivity contribution in [1.82, 2.24) is 0 Å². The van der Waals surface area contributed by atoms with Crippen LogP contribution in [0.5, 0.6) is 0 Å². The average molecular weight is 194 g/mol. The van der Waals surface area contributed by atoms with Gasteiger partial charge in [-0.2, -0.15) is 13.2 Å². The maximum atomic E-state index is 11.8. The lowest BCUT2D eigenvalue weighted by Crippen LogP contribution is -2.03. The van der Waals surface area contributed by atoms with E-state index in [0.717, 1.165) is 12.1 Å². The predicted molar refractivity (Wildman–Crippen MR) is 37.4 cm³/mol. The minimum Gasteiger partial charge on any atom is -0.269 e. The van der Waals surface area contributed by atoms with Gasteiger partial charge in [-0.25, -0.2) is 0 Å². The van der Waals surface area contributed by atoms with E-state index >= 15 is 0 Å². The first-order chi connectivity index (χ1) is 5.61. The van der Waals surface area contributed by atoms with E-state index in [1.54, 1.807) is 6.07 Å². The third kappa shape index (κ3) is 4.74. The van der Waals surface area contributed by atoms with Crippen molar-refractivity contribution >= 4 is 0 Å². The molecule has 0 aromatic heterocycles. The molecule has 0 saturated heterocycles. The Kier molecular flexibility index (Phi) is 6.36. The van der Waals surface area contributed by atoms with Crippen molar-refractivity contribution in [3.63, 3.8) is 0 Å². The van der Waals surface area contributed by atoms with Crippen LogP contribution in [0.25, 0.3) is 0 Å². The third-order valence-corrected chi connectivity index (χ3v) is 1.10. The molecule has 0 saturated carbocycles. The first kappa shape index (κ1) is 13.9.